The van der Waals surface area contributed by atoms with Crippen LogP contribution in [0.2, 0.25) is 0 Å². The predicted molar refractivity (Wildman–Crippen MR) is 71.1 cm³/mol. The topological polar surface area (TPSA) is 46.9 Å². The summed E-state index contributed by atoms with van der Waals surface area (Å²) in [6, 6.07) is 7.89. The molecule has 0 unspecified atom stereocenters. The highest BCUT2D eigenvalue weighted by molar-refractivity contribution is 5.89. The van der Waals surface area contributed by atoms with Gasteiger partial charge in [0.1, 0.15) is 0 Å². The van der Waals surface area contributed by atoms with Crippen molar-refractivity contribution in [1.29, 1.82) is 0 Å². The molecule has 4 heteroatoms. The van der Waals surface area contributed by atoms with E-state index in [0.29, 0.717) is 13.0 Å². The Morgan fingerprint density at radius 2 is 2.28 bits per heavy atom. The van der Waals surface area contributed by atoms with Crippen LogP contribution in [-0.2, 0) is 18.3 Å². The molecular weight excluding hydrogens is 226 g/mol. The molecule has 0 atom stereocenters. The first-order valence-corrected chi connectivity index (χ1v) is 5.79. The Bertz CT molecular complexity index is 607. The van der Waals surface area contributed by atoms with Crippen LogP contribution in [0.3, 0.4) is 0 Å². The Morgan fingerprint density at radius 1 is 1.50 bits per heavy atom. The largest absolute Gasteiger partial charge is 0.299 e. The highest BCUT2D eigenvalue weighted by Gasteiger charge is 2.11. The van der Waals surface area contributed by atoms with E-state index in [1.165, 1.54) is 0 Å². The minimum atomic E-state index is 0.0918. The minimum Gasteiger partial charge on any atom is -0.299 e. The third-order valence-corrected chi connectivity index (χ3v) is 2.75. The zero-order chi connectivity index (χ0) is 13.0. The first-order chi connectivity index (χ1) is 8.72. The van der Waals surface area contributed by atoms with Gasteiger partial charge in [-0.25, -0.2) is 0 Å². The molecule has 0 bridgehead atoms. The molecule has 0 radical (unpaired) electrons. The van der Waals surface area contributed by atoms with Gasteiger partial charge in [0.2, 0.25) is 0 Å². The third-order valence-electron chi connectivity index (χ3n) is 2.75. The summed E-state index contributed by atoms with van der Waals surface area (Å²) in [4.78, 5) is 11.8. The van der Waals surface area contributed by atoms with Crippen LogP contribution in [0.4, 0.5) is 0 Å². The number of fused-ring (bicyclic) bond motifs is 1. The van der Waals surface area contributed by atoms with Crippen LogP contribution in [0.1, 0.15) is 5.69 Å². The van der Waals surface area contributed by atoms with Gasteiger partial charge in [-0.1, -0.05) is 24.1 Å². The van der Waals surface area contributed by atoms with Crippen LogP contribution in [0, 0.1) is 12.3 Å². The number of nitrogens with one attached hydrogen (secondary N) is 1. The number of terminal acetylenes is 1. The Kier molecular flexibility index (Phi) is 3.75. The van der Waals surface area contributed by atoms with Crippen LogP contribution < -0.4 is 5.32 Å². The van der Waals surface area contributed by atoms with Gasteiger partial charge in [0.25, 0.3) is 0 Å². The Hall–Kier alpha value is -2.12. The Balaban J connectivity index is 2.12. The fourth-order valence-electron chi connectivity index (χ4n) is 1.94. The monoisotopic (exact) mass is 241 g/mol. The zero-order valence-electron chi connectivity index (χ0n) is 10.3. The van der Waals surface area contributed by atoms with Gasteiger partial charge in [-0.3, -0.25) is 14.8 Å². The Labute approximate surface area is 106 Å². The molecule has 0 fully saturated rings. The summed E-state index contributed by atoms with van der Waals surface area (Å²) in [6.07, 6.45) is 5.44. The van der Waals surface area contributed by atoms with Crippen LogP contribution >= 0.6 is 0 Å². The number of hydrogen-bond donors (Lipinski definition) is 1. The normalized spacial score (nSPS) is 10.4. The fourth-order valence-corrected chi connectivity index (χ4v) is 1.94. The lowest BCUT2D eigenvalue weighted by Gasteiger charge is -1.99. The summed E-state index contributed by atoms with van der Waals surface area (Å²) in [6.45, 7) is 0.698. The quantitative estimate of drug-likeness (QED) is 0.625. The van der Waals surface area contributed by atoms with Crippen LogP contribution in [0.25, 0.3) is 10.9 Å². The van der Waals surface area contributed by atoms with Gasteiger partial charge in [-0.05, 0) is 6.07 Å². The van der Waals surface area contributed by atoms with Crippen molar-refractivity contribution in [2.45, 2.75) is 6.42 Å². The summed E-state index contributed by atoms with van der Waals surface area (Å²) >= 11 is 0. The first kappa shape index (κ1) is 12.3. The highest BCUT2D eigenvalue weighted by atomic mass is 16.1. The smallest absolute Gasteiger partial charge is 0.152 e. The molecule has 92 valence electrons. The van der Waals surface area contributed by atoms with E-state index in [4.69, 9.17) is 6.42 Å². The molecule has 2 rings (SSSR count). The van der Waals surface area contributed by atoms with Crippen molar-refractivity contribution >= 4 is 16.7 Å². The molecule has 0 saturated heterocycles. The number of nitrogens with zero attached hydrogens (tertiary/aromatic N) is 2. The maximum absolute atomic E-state index is 11.8. The fraction of sp³-hybridized carbons (Fsp3) is 0.286. The molecule has 18 heavy (non-hydrogen) atoms. The predicted octanol–water partition coefficient (Wildman–Crippen LogP) is 0.908. The number of benzene rings is 1. The van der Waals surface area contributed by atoms with Gasteiger partial charge in [0.15, 0.2) is 5.78 Å². The van der Waals surface area contributed by atoms with Gasteiger partial charge >= 0.3 is 0 Å². The van der Waals surface area contributed by atoms with E-state index in [-0.39, 0.29) is 12.3 Å². The molecule has 1 N–H and O–H groups in total. The average molecular weight is 241 g/mol. The molecule has 1 aromatic heterocycles. The number of rotatable bonds is 5. The van der Waals surface area contributed by atoms with E-state index in [1.54, 1.807) is 4.68 Å². The second-order valence-corrected chi connectivity index (χ2v) is 4.11. The molecule has 0 saturated carbocycles. The van der Waals surface area contributed by atoms with E-state index in [1.807, 2.05) is 31.3 Å². The van der Waals surface area contributed by atoms with Crippen molar-refractivity contribution in [3.8, 4) is 12.3 Å². The SMILES string of the molecule is C#CCNCC(=O)Cc1nn(C)c2ccccc12. The lowest BCUT2D eigenvalue weighted by Crippen LogP contribution is -2.24. The lowest BCUT2D eigenvalue weighted by molar-refractivity contribution is -0.117. The number of Topliss-reactive ketones (excluding diaryl/α,β-unsaturated/α-hetero) is 1. The number of para-hydroxylation sites is 1. The molecule has 0 spiro atoms. The maximum atomic E-state index is 11.8. The number of carbonyl (C=O) groups excluding carboxylic acids is 1. The van der Waals surface area contributed by atoms with E-state index in [0.717, 1.165) is 16.6 Å². The van der Waals surface area contributed by atoms with Gasteiger partial charge in [0.05, 0.1) is 30.7 Å². The van der Waals surface area contributed by atoms with E-state index >= 15 is 0 Å². The molecular formula is C14H15N3O. The summed E-state index contributed by atoms with van der Waals surface area (Å²) in [7, 11) is 1.88. The molecule has 0 aliphatic carbocycles. The van der Waals surface area contributed by atoms with E-state index in [9.17, 15) is 4.79 Å². The molecule has 4 nitrogen and oxygen atoms in total. The van der Waals surface area contributed by atoms with Gasteiger partial charge in [0, 0.05) is 12.4 Å². The molecule has 0 amide bonds. The van der Waals surface area contributed by atoms with Gasteiger partial charge in [-0.2, -0.15) is 5.10 Å². The summed E-state index contributed by atoms with van der Waals surface area (Å²) in [5, 5.41) is 8.31. The first-order valence-electron chi connectivity index (χ1n) is 5.79. The van der Waals surface area contributed by atoms with Crippen molar-refractivity contribution in [2.75, 3.05) is 13.1 Å². The molecule has 0 aliphatic heterocycles. The molecule has 0 aliphatic rings. The number of hydrogen-bond acceptors (Lipinski definition) is 3. The second kappa shape index (κ2) is 5.48. The van der Waals surface area contributed by atoms with E-state index < -0.39 is 0 Å². The Morgan fingerprint density at radius 3 is 3.06 bits per heavy atom. The van der Waals surface area contributed by atoms with Crippen LogP contribution in [-0.4, -0.2) is 28.7 Å². The van der Waals surface area contributed by atoms with Crippen LogP contribution in [0.15, 0.2) is 24.3 Å². The minimum absolute atomic E-state index is 0.0918. The number of carbonyl (C=O) groups is 1. The third kappa shape index (κ3) is 2.58. The standard InChI is InChI=1S/C14H15N3O/c1-3-8-15-10-11(18)9-13-12-6-4-5-7-14(12)17(2)16-13/h1,4-7,15H,8-10H2,2H3. The van der Waals surface area contributed by atoms with Crippen molar-refractivity contribution in [1.82, 2.24) is 15.1 Å². The average Bonchev–Trinajstić information content (AvgIpc) is 2.67. The van der Waals surface area contributed by atoms with Crippen molar-refractivity contribution in [3.63, 3.8) is 0 Å². The lowest BCUT2D eigenvalue weighted by atomic mass is 10.1. The van der Waals surface area contributed by atoms with Crippen molar-refractivity contribution in [2.24, 2.45) is 7.05 Å². The summed E-state index contributed by atoms with van der Waals surface area (Å²) in [5.74, 6) is 2.53. The van der Waals surface area contributed by atoms with Crippen molar-refractivity contribution in [3.05, 3.63) is 30.0 Å². The maximum Gasteiger partial charge on any atom is 0.152 e. The second-order valence-electron chi connectivity index (χ2n) is 4.11. The van der Waals surface area contributed by atoms with Crippen LogP contribution in [0.5, 0.6) is 0 Å². The number of ketones is 1. The number of aryl methyl sites for hydroxylation is 1. The highest BCUT2D eigenvalue weighted by Crippen LogP contribution is 2.17. The molecule has 1 aromatic carbocycles. The number of aromatic nitrogens is 2. The molecule has 2 aromatic rings. The molecule has 1 heterocycles. The van der Waals surface area contributed by atoms with Gasteiger partial charge in [-0.15, -0.1) is 6.42 Å². The van der Waals surface area contributed by atoms with E-state index in [2.05, 4.69) is 16.3 Å². The van der Waals surface area contributed by atoms with Gasteiger partial charge < -0.3 is 0 Å². The zero-order valence-corrected chi connectivity index (χ0v) is 10.3. The summed E-state index contributed by atoms with van der Waals surface area (Å²) < 4.78 is 1.80. The summed E-state index contributed by atoms with van der Waals surface area (Å²) in [5.41, 5.74) is 1.86. The van der Waals surface area contributed by atoms with Crippen molar-refractivity contribution < 1.29 is 4.79 Å².